The van der Waals surface area contributed by atoms with Crippen LogP contribution in [0.4, 0.5) is 9.18 Å². The molecule has 2 aromatic rings. The molecule has 0 unspecified atom stereocenters. The average molecular weight is 413 g/mol. The number of pyridine rings is 1. The van der Waals surface area contributed by atoms with Crippen molar-refractivity contribution in [1.82, 2.24) is 14.8 Å². The number of carbonyl (C=O) groups excluding carboxylic acids is 2. The number of hydrogen-bond donors (Lipinski definition) is 0. The third kappa shape index (κ3) is 3.94. The Kier molecular flexibility index (Phi) is 5.09. The van der Waals surface area contributed by atoms with Gasteiger partial charge in [-0.2, -0.15) is 0 Å². The Morgan fingerprint density at radius 3 is 2.73 bits per heavy atom. The van der Waals surface area contributed by atoms with Crippen molar-refractivity contribution in [3.8, 4) is 17.0 Å². The molecule has 4 rings (SSSR count). The summed E-state index contributed by atoms with van der Waals surface area (Å²) in [6.45, 7) is 6.75. The van der Waals surface area contributed by atoms with Gasteiger partial charge in [0.2, 0.25) is 0 Å². The fraction of sp³-hybridized carbons (Fsp3) is 0.409. The Bertz CT molecular complexity index is 989. The van der Waals surface area contributed by atoms with Crippen LogP contribution >= 0.6 is 0 Å². The van der Waals surface area contributed by atoms with Crippen LogP contribution in [0.5, 0.6) is 5.75 Å². The fourth-order valence-corrected chi connectivity index (χ4v) is 3.63. The van der Waals surface area contributed by atoms with Crippen molar-refractivity contribution < 1.29 is 23.5 Å². The van der Waals surface area contributed by atoms with Crippen LogP contribution in [0.15, 0.2) is 36.5 Å². The summed E-state index contributed by atoms with van der Waals surface area (Å²) in [6, 6.07) is 7.61. The van der Waals surface area contributed by atoms with Gasteiger partial charge in [-0.05, 0) is 32.9 Å². The molecule has 0 N–H and O–H groups in total. The van der Waals surface area contributed by atoms with Crippen LogP contribution in [0, 0.1) is 5.82 Å². The second-order valence-electron chi connectivity index (χ2n) is 8.44. The first kappa shape index (κ1) is 20.1. The second kappa shape index (κ2) is 7.59. The molecule has 0 aliphatic carbocycles. The Labute approximate surface area is 174 Å². The van der Waals surface area contributed by atoms with E-state index in [1.165, 1.54) is 12.3 Å². The van der Waals surface area contributed by atoms with E-state index in [-0.39, 0.29) is 18.6 Å². The highest BCUT2D eigenvalue weighted by Gasteiger charge is 2.38. The van der Waals surface area contributed by atoms with Crippen molar-refractivity contribution in [2.24, 2.45) is 0 Å². The number of amides is 2. The molecule has 2 amide bonds. The molecule has 1 aromatic heterocycles. The smallest absolute Gasteiger partial charge is 0.410 e. The molecule has 2 aliphatic rings. The normalized spacial score (nSPS) is 18.8. The van der Waals surface area contributed by atoms with Crippen LogP contribution in [0.3, 0.4) is 0 Å². The lowest BCUT2D eigenvalue weighted by atomic mass is 10.1. The lowest BCUT2D eigenvalue weighted by Gasteiger charge is -2.40. The number of ether oxygens (including phenoxy) is 2. The highest BCUT2D eigenvalue weighted by molar-refractivity contribution is 5.97. The van der Waals surface area contributed by atoms with E-state index < -0.39 is 17.5 Å². The van der Waals surface area contributed by atoms with Gasteiger partial charge in [0.15, 0.2) is 0 Å². The van der Waals surface area contributed by atoms with Gasteiger partial charge in [-0.3, -0.25) is 9.78 Å². The van der Waals surface area contributed by atoms with Crippen molar-refractivity contribution in [3.63, 3.8) is 0 Å². The van der Waals surface area contributed by atoms with E-state index in [0.717, 1.165) is 0 Å². The van der Waals surface area contributed by atoms with Gasteiger partial charge in [-0.25, -0.2) is 9.18 Å². The largest absolute Gasteiger partial charge is 0.490 e. The minimum absolute atomic E-state index is 0.205. The van der Waals surface area contributed by atoms with Gasteiger partial charge < -0.3 is 19.3 Å². The summed E-state index contributed by atoms with van der Waals surface area (Å²) in [7, 11) is 0. The number of carbonyl (C=O) groups is 2. The summed E-state index contributed by atoms with van der Waals surface area (Å²) in [5.41, 5.74) is 0.488. The molecule has 3 heterocycles. The maximum Gasteiger partial charge on any atom is 0.410 e. The van der Waals surface area contributed by atoms with Crippen molar-refractivity contribution in [3.05, 3.63) is 47.9 Å². The number of hydrogen-bond acceptors (Lipinski definition) is 5. The Morgan fingerprint density at radius 2 is 2.00 bits per heavy atom. The van der Waals surface area contributed by atoms with E-state index in [1.54, 1.807) is 34.1 Å². The van der Waals surface area contributed by atoms with Gasteiger partial charge in [0, 0.05) is 37.5 Å². The third-order valence-corrected chi connectivity index (χ3v) is 5.07. The van der Waals surface area contributed by atoms with E-state index in [2.05, 4.69) is 4.98 Å². The Hall–Kier alpha value is -3.16. The van der Waals surface area contributed by atoms with Crippen LogP contribution in [-0.2, 0) is 4.74 Å². The molecule has 2 aliphatic heterocycles. The first-order valence-corrected chi connectivity index (χ1v) is 9.89. The van der Waals surface area contributed by atoms with E-state index in [4.69, 9.17) is 9.47 Å². The van der Waals surface area contributed by atoms with E-state index >= 15 is 0 Å². The monoisotopic (exact) mass is 413 g/mol. The highest BCUT2D eigenvalue weighted by Crippen LogP contribution is 2.31. The first-order chi connectivity index (χ1) is 14.2. The first-order valence-electron chi connectivity index (χ1n) is 9.89. The molecule has 158 valence electrons. The molecule has 1 aromatic carbocycles. The number of aromatic nitrogens is 1. The molecule has 1 fully saturated rings. The number of halogens is 1. The Morgan fingerprint density at radius 1 is 1.23 bits per heavy atom. The minimum Gasteiger partial charge on any atom is -0.490 e. The quantitative estimate of drug-likeness (QED) is 0.717. The van der Waals surface area contributed by atoms with E-state index in [0.29, 0.717) is 42.2 Å². The van der Waals surface area contributed by atoms with Gasteiger partial charge in [-0.15, -0.1) is 0 Å². The fourth-order valence-electron chi connectivity index (χ4n) is 3.63. The molecule has 0 radical (unpaired) electrons. The van der Waals surface area contributed by atoms with Crippen LogP contribution in [-0.4, -0.2) is 64.7 Å². The number of piperazine rings is 1. The summed E-state index contributed by atoms with van der Waals surface area (Å²) in [6.07, 6.45) is 1.03. The van der Waals surface area contributed by atoms with Crippen LogP contribution in [0.1, 0.15) is 31.1 Å². The molecule has 0 saturated carbocycles. The molecule has 8 heteroatoms. The molecule has 1 atom stereocenters. The summed E-state index contributed by atoms with van der Waals surface area (Å²) in [4.78, 5) is 33.1. The standard InChI is InChI=1S/C22H24FN3O4/c1-22(2,3)30-21(28)25-8-9-26-14(12-25)13-29-19-10-18(24-11-16(19)20(26)27)15-6-4-5-7-17(15)23/h4-7,10-11,14H,8-9,12-13H2,1-3H3/t14-/m0/s1. The molecule has 0 spiro atoms. The number of nitrogens with zero attached hydrogens (tertiary/aromatic N) is 3. The molecule has 0 bridgehead atoms. The lowest BCUT2D eigenvalue weighted by Crippen LogP contribution is -2.58. The van der Waals surface area contributed by atoms with Crippen molar-refractivity contribution >= 4 is 12.0 Å². The van der Waals surface area contributed by atoms with Crippen molar-refractivity contribution in [1.29, 1.82) is 0 Å². The molecule has 1 saturated heterocycles. The maximum atomic E-state index is 14.1. The molecule has 7 nitrogen and oxygen atoms in total. The lowest BCUT2D eigenvalue weighted by molar-refractivity contribution is 0.000950. The van der Waals surface area contributed by atoms with Crippen LogP contribution in [0.25, 0.3) is 11.3 Å². The van der Waals surface area contributed by atoms with Crippen LogP contribution < -0.4 is 4.74 Å². The van der Waals surface area contributed by atoms with Gasteiger partial charge in [0.05, 0.1) is 17.3 Å². The number of fused-ring (bicyclic) bond motifs is 2. The molecular formula is C22H24FN3O4. The topological polar surface area (TPSA) is 72.0 Å². The van der Waals surface area contributed by atoms with Gasteiger partial charge in [0.25, 0.3) is 5.91 Å². The Balaban J connectivity index is 1.56. The zero-order valence-electron chi connectivity index (χ0n) is 17.2. The summed E-state index contributed by atoms with van der Waals surface area (Å²) >= 11 is 0. The predicted octanol–water partition coefficient (Wildman–Crippen LogP) is 3.34. The van der Waals surface area contributed by atoms with Crippen molar-refractivity contribution in [2.75, 3.05) is 26.2 Å². The van der Waals surface area contributed by atoms with Gasteiger partial charge in [-0.1, -0.05) is 12.1 Å². The van der Waals surface area contributed by atoms with Gasteiger partial charge >= 0.3 is 6.09 Å². The zero-order valence-corrected chi connectivity index (χ0v) is 17.2. The SMILES string of the molecule is CC(C)(C)OC(=O)N1CCN2C(=O)c3cnc(-c4ccccc4F)cc3OC[C@@H]2C1. The average Bonchev–Trinajstić information content (AvgIpc) is 2.83. The summed E-state index contributed by atoms with van der Waals surface area (Å²) in [5, 5.41) is 0. The summed E-state index contributed by atoms with van der Waals surface area (Å²) < 4.78 is 25.5. The predicted molar refractivity (Wildman–Crippen MR) is 108 cm³/mol. The number of benzene rings is 1. The zero-order chi connectivity index (χ0) is 21.5. The maximum absolute atomic E-state index is 14.1. The second-order valence-corrected chi connectivity index (χ2v) is 8.44. The van der Waals surface area contributed by atoms with Crippen molar-refractivity contribution in [2.45, 2.75) is 32.4 Å². The minimum atomic E-state index is -0.588. The molecule has 30 heavy (non-hydrogen) atoms. The number of rotatable bonds is 1. The summed E-state index contributed by atoms with van der Waals surface area (Å²) in [5.74, 6) is -0.231. The third-order valence-electron chi connectivity index (χ3n) is 5.07. The highest BCUT2D eigenvalue weighted by atomic mass is 19.1. The van der Waals surface area contributed by atoms with E-state index in [1.807, 2.05) is 20.8 Å². The van der Waals surface area contributed by atoms with E-state index in [9.17, 15) is 14.0 Å². The molecular weight excluding hydrogens is 389 g/mol. The van der Waals surface area contributed by atoms with Crippen LogP contribution in [0.2, 0.25) is 0 Å². The van der Waals surface area contributed by atoms with Gasteiger partial charge in [0.1, 0.15) is 23.8 Å².